The number of aromatic nitrogens is 2. The molecule has 1 saturated heterocycles. The molecule has 122 valence electrons. The SMILES string of the molecule is Cc1cc(NC(=O)N2CCC[C@@H]2CO)nn1-c1ccccc1Cl. The number of aryl methyl sites for hydroxylation is 1. The summed E-state index contributed by atoms with van der Waals surface area (Å²) in [6, 6.07) is 8.87. The number of aliphatic hydroxyl groups is 1. The number of halogens is 1. The number of anilines is 1. The Hall–Kier alpha value is -2.05. The largest absolute Gasteiger partial charge is 0.394 e. The molecule has 0 unspecified atom stereocenters. The number of amides is 2. The van der Waals surface area contributed by atoms with Gasteiger partial charge in [-0.1, -0.05) is 23.7 Å². The molecule has 2 amide bonds. The lowest BCUT2D eigenvalue weighted by atomic mass is 10.2. The number of carbonyl (C=O) groups is 1. The second-order valence-electron chi connectivity index (χ2n) is 5.64. The zero-order valence-electron chi connectivity index (χ0n) is 12.9. The molecule has 6 nitrogen and oxygen atoms in total. The quantitative estimate of drug-likeness (QED) is 0.906. The Balaban J connectivity index is 1.79. The number of hydrogen-bond acceptors (Lipinski definition) is 3. The molecule has 2 heterocycles. The van der Waals surface area contributed by atoms with E-state index < -0.39 is 0 Å². The molecule has 0 saturated carbocycles. The third kappa shape index (κ3) is 3.18. The van der Waals surface area contributed by atoms with Gasteiger partial charge in [0.25, 0.3) is 0 Å². The number of aliphatic hydroxyl groups excluding tert-OH is 1. The Bertz CT molecular complexity index is 716. The number of benzene rings is 1. The first-order valence-electron chi connectivity index (χ1n) is 7.60. The average molecular weight is 335 g/mol. The summed E-state index contributed by atoms with van der Waals surface area (Å²) in [6.45, 7) is 2.54. The Morgan fingerprint density at radius 2 is 2.26 bits per heavy atom. The van der Waals surface area contributed by atoms with Crippen LogP contribution in [0.4, 0.5) is 10.6 Å². The van der Waals surface area contributed by atoms with Gasteiger partial charge in [-0.25, -0.2) is 9.48 Å². The Morgan fingerprint density at radius 1 is 1.48 bits per heavy atom. The number of nitrogens with one attached hydrogen (secondary N) is 1. The van der Waals surface area contributed by atoms with Gasteiger partial charge >= 0.3 is 6.03 Å². The van der Waals surface area contributed by atoms with E-state index in [4.69, 9.17) is 11.6 Å². The minimum Gasteiger partial charge on any atom is -0.394 e. The summed E-state index contributed by atoms with van der Waals surface area (Å²) in [5.74, 6) is 0.469. The number of carbonyl (C=O) groups excluding carboxylic acids is 1. The smallest absolute Gasteiger partial charge is 0.323 e. The maximum absolute atomic E-state index is 12.3. The monoisotopic (exact) mass is 334 g/mol. The van der Waals surface area contributed by atoms with E-state index in [9.17, 15) is 9.90 Å². The Morgan fingerprint density at radius 3 is 3.00 bits per heavy atom. The molecule has 7 heteroatoms. The minimum absolute atomic E-state index is 0.0134. The van der Waals surface area contributed by atoms with Gasteiger partial charge in [0.2, 0.25) is 0 Å². The zero-order chi connectivity index (χ0) is 16.4. The fraction of sp³-hybridized carbons (Fsp3) is 0.375. The number of para-hydroxylation sites is 1. The van der Waals surface area contributed by atoms with Gasteiger partial charge in [0, 0.05) is 18.3 Å². The molecule has 0 aliphatic carbocycles. The van der Waals surface area contributed by atoms with E-state index >= 15 is 0 Å². The highest BCUT2D eigenvalue weighted by Gasteiger charge is 2.28. The van der Waals surface area contributed by atoms with E-state index in [-0.39, 0.29) is 18.7 Å². The summed E-state index contributed by atoms with van der Waals surface area (Å²) >= 11 is 6.20. The molecular weight excluding hydrogens is 316 g/mol. The van der Waals surface area contributed by atoms with Crippen molar-refractivity contribution in [3.05, 3.63) is 41.0 Å². The summed E-state index contributed by atoms with van der Waals surface area (Å²) in [4.78, 5) is 14.0. The van der Waals surface area contributed by atoms with Gasteiger partial charge in [0.05, 0.1) is 23.4 Å². The predicted molar refractivity (Wildman–Crippen MR) is 89.1 cm³/mol. The molecule has 2 N–H and O–H groups in total. The van der Waals surface area contributed by atoms with E-state index in [0.29, 0.717) is 17.4 Å². The van der Waals surface area contributed by atoms with Crippen LogP contribution in [0.25, 0.3) is 5.69 Å². The van der Waals surface area contributed by atoms with Gasteiger partial charge < -0.3 is 10.0 Å². The highest BCUT2D eigenvalue weighted by molar-refractivity contribution is 6.32. The van der Waals surface area contributed by atoms with Crippen molar-refractivity contribution in [1.29, 1.82) is 0 Å². The van der Waals surface area contributed by atoms with Crippen LogP contribution in [0.1, 0.15) is 18.5 Å². The second-order valence-corrected chi connectivity index (χ2v) is 6.04. The standard InChI is InChI=1S/C16H19ClN4O2/c1-11-9-15(18-16(23)20-8-4-5-12(20)10-22)19-21(11)14-7-3-2-6-13(14)17/h2-3,6-7,9,12,22H,4-5,8,10H2,1H3,(H,18,19,23)/t12-/m1/s1. The lowest BCUT2D eigenvalue weighted by Gasteiger charge is -2.22. The highest BCUT2D eigenvalue weighted by atomic mass is 35.5. The first kappa shape index (κ1) is 15.8. The lowest BCUT2D eigenvalue weighted by Crippen LogP contribution is -2.40. The van der Waals surface area contributed by atoms with Crippen molar-refractivity contribution in [3.63, 3.8) is 0 Å². The van der Waals surface area contributed by atoms with Crippen LogP contribution >= 0.6 is 11.6 Å². The molecule has 1 aliphatic heterocycles. The number of rotatable bonds is 3. The summed E-state index contributed by atoms with van der Waals surface area (Å²) in [5.41, 5.74) is 1.63. The molecule has 1 fully saturated rings. The number of urea groups is 1. The maximum Gasteiger partial charge on any atom is 0.323 e. The van der Waals surface area contributed by atoms with Crippen molar-refractivity contribution in [1.82, 2.24) is 14.7 Å². The van der Waals surface area contributed by atoms with E-state index in [2.05, 4.69) is 10.4 Å². The summed E-state index contributed by atoms with van der Waals surface area (Å²) in [6.07, 6.45) is 1.74. The van der Waals surface area contributed by atoms with Crippen LogP contribution in [0.15, 0.2) is 30.3 Å². The third-order valence-corrected chi connectivity index (χ3v) is 4.37. The molecule has 23 heavy (non-hydrogen) atoms. The second kappa shape index (κ2) is 6.60. The summed E-state index contributed by atoms with van der Waals surface area (Å²) in [5, 5.41) is 17.1. The van der Waals surface area contributed by atoms with Gasteiger partial charge in [0.1, 0.15) is 0 Å². The third-order valence-electron chi connectivity index (χ3n) is 4.05. The van der Waals surface area contributed by atoms with Crippen LogP contribution in [-0.4, -0.2) is 45.0 Å². The van der Waals surface area contributed by atoms with Crippen molar-refractivity contribution >= 4 is 23.4 Å². The van der Waals surface area contributed by atoms with Crippen LogP contribution in [0, 0.1) is 6.92 Å². The average Bonchev–Trinajstić information content (AvgIpc) is 3.14. The zero-order valence-corrected chi connectivity index (χ0v) is 13.6. The molecular formula is C16H19ClN4O2. The van der Waals surface area contributed by atoms with Gasteiger partial charge in [0.15, 0.2) is 5.82 Å². The van der Waals surface area contributed by atoms with Crippen molar-refractivity contribution in [3.8, 4) is 5.69 Å². The van der Waals surface area contributed by atoms with E-state index in [1.807, 2.05) is 25.1 Å². The first-order valence-corrected chi connectivity index (χ1v) is 7.98. The molecule has 3 rings (SSSR count). The predicted octanol–water partition coefficient (Wildman–Crippen LogP) is 2.82. The minimum atomic E-state index is -0.231. The fourth-order valence-electron chi connectivity index (χ4n) is 2.88. The van der Waals surface area contributed by atoms with Crippen LogP contribution in [0.2, 0.25) is 5.02 Å². The van der Waals surface area contributed by atoms with Crippen molar-refractivity contribution in [2.75, 3.05) is 18.5 Å². The topological polar surface area (TPSA) is 70.4 Å². The van der Waals surface area contributed by atoms with Crippen molar-refractivity contribution < 1.29 is 9.90 Å². The molecule has 0 radical (unpaired) electrons. The van der Waals surface area contributed by atoms with Crippen molar-refractivity contribution in [2.45, 2.75) is 25.8 Å². The normalized spacial score (nSPS) is 17.5. The van der Waals surface area contributed by atoms with E-state index in [1.165, 1.54) is 0 Å². The van der Waals surface area contributed by atoms with Gasteiger partial charge in [-0.3, -0.25) is 5.32 Å². The molecule has 0 bridgehead atoms. The summed E-state index contributed by atoms with van der Waals surface area (Å²) < 4.78 is 1.70. The molecule has 2 aromatic rings. The van der Waals surface area contributed by atoms with E-state index in [1.54, 1.807) is 21.7 Å². The summed E-state index contributed by atoms with van der Waals surface area (Å²) in [7, 11) is 0. The maximum atomic E-state index is 12.3. The molecule has 1 aromatic carbocycles. The van der Waals surface area contributed by atoms with Gasteiger partial charge in [-0.2, -0.15) is 0 Å². The van der Waals surface area contributed by atoms with Crippen LogP contribution in [-0.2, 0) is 0 Å². The number of likely N-dealkylation sites (tertiary alicyclic amines) is 1. The molecule has 1 aromatic heterocycles. The molecule has 1 atom stereocenters. The number of nitrogens with zero attached hydrogens (tertiary/aromatic N) is 3. The van der Waals surface area contributed by atoms with Crippen LogP contribution in [0.3, 0.4) is 0 Å². The van der Waals surface area contributed by atoms with Crippen LogP contribution in [0.5, 0.6) is 0 Å². The Labute approximate surface area is 139 Å². The van der Waals surface area contributed by atoms with Gasteiger partial charge in [-0.05, 0) is 31.9 Å². The fourth-order valence-corrected chi connectivity index (χ4v) is 3.09. The highest BCUT2D eigenvalue weighted by Crippen LogP contribution is 2.23. The Kier molecular flexibility index (Phi) is 4.54. The van der Waals surface area contributed by atoms with Gasteiger partial charge in [-0.15, -0.1) is 5.10 Å². The van der Waals surface area contributed by atoms with Crippen LogP contribution < -0.4 is 5.32 Å². The van der Waals surface area contributed by atoms with Crippen molar-refractivity contribution in [2.24, 2.45) is 0 Å². The lowest BCUT2D eigenvalue weighted by molar-refractivity contribution is 0.166. The molecule has 1 aliphatic rings. The van der Waals surface area contributed by atoms with E-state index in [0.717, 1.165) is 24.2 Å². The molecule has 0 spiro atoms. The number of hydrogen-bond donors (Lipinski definition) is 2. The first-order chi connectivity index (χ1) is 11.1.